The highest BCUT2D eigenvalue weighted by molar-refractivity contribution is 6.00. The second-order valence-electron chi connectivity index (χ2n) is 6.21. The average molecular weight is 336 g/mol. The molecule has 0 aliphatic carbocycles. The van der Waals surface area contributed by atoms with Gasteiger partial charge in [-0.15, -0.1) is 0 Å². The van der Waals surface area contributed by atoms with Crippen molar-refractivity contribution in [2.45, 2.75) is 13.8 Å². The van der Waals surface area contributed by atoms with Crippen LogP contribution in [0, 0.1) is 19.7 Å². The molecule has 1 aromatic heterocycles. The molecular formula is C21H21FN2O. The zero-order valence-electron chi connectivity index (χ0n) is 14.7. The summed E-state index contributed by atoms with van der Waals surface area (Å²) >= 11 is 0. The van der Waals surface area contributed by atoms with Crippen LogP contribution in [-0.4, -0.2) is 23.9 Å². The maximum absolute atomic E-state index is 13.2. The summed E-state index contributed by atoms with van der Waals surface area (Å²) in [4.78, 5) is 14.7. The fraction of sp³-hybridized carbons (Fsp3) is 0.190. The first-order valence-electron chi connectivity index (χ1n) is 8.21. The standard InChI is InChI=1S/C21H21FN2O/c1-15-13-20(16(2)24(15)19-11-9-17(22)10-12-19)21(25)14-23(3)18-7-5-4-6-8-18/h4-13H,14H2,1-3H3. The van der Waals surface area contributed by atoms with Gasteiger partial charge in [0.1, 0.15) is 5.82 Å². The van der Waals surface area contributed by atoms with E-state index in [0.717, 1.165) is 22.8 Å². The Morgan fingerprint density at radius 3 is 2.32 bits per heavy atom. The maximum atomic E-state index is 13.2. The van der Waals surface area contributed by atoms with Gasteiger partial charge in [0, 0.05) is 35.4 Å². The number of hydrogen-bond acceptors (Lipinski definition) is 2. The summed E-state index contributed by atoms with van der Waals surface area (Å²) in [6, 6.07) is 18.0. The van der Waals surface area contributed by atoms with E-state index in [0.29, 0.717) is 12.1 Å². The summed E-state index contributed by atoms with van der Waals surface area (Å²) in [5.41, 5.74) is 4.38. The number of Topliss-reactive ketones (excluding diaryl/α,β-unsaturated/α-hetero) is 1. The van der Waals surface area contributed by atoms with Crippen LogP contribution in [0.3, 0.4) is 0 Å². The molecule has 0 saturated carbocycles. The van der Waals surface area contributed by atoms with Crippen LogP contribution >= 0.6 is 0 Å². The van der Waals surface area contributed by atoms with Crippen LogP contribution < -0.4 is 4.90 Å². The molecule has 0 bridgehead atoms. The molecule has 0 spiro atoms. The quantitative estimate of drug-likeness (QED) is 0.639. The predicted molar refractivity (Wildman–Crippen MR) is 99.2 cm³/mol. The average Bonchev–Trinajstić information content (AvgIpc) is 2.91. The van der Waals surface area contributed by atoms with Crippen molar-refractivity contribution < 1.29 is 9.18 Å². The number of aromatic nitrogens is 1. The molecule has 0 aliphatic heterocycles. The minimum absolute atomic E-state index is 0.0628. The van der Waals surface area contributed by atoms with E-state index in [1.165, 1.54) is 12.1 Å². The van der Waals surface area contributed by atoms with Crippen molar-refractivity contribution in [3.05, 3.63) is 83.4 Å². The van der Waals surface area contributed by atoms with Crippen molar-refractivity contribution in [1.82, 2.24) is 4.57 Å². The summed E-state index contributed by atoms with van der Waals surface area (Å²) in [5.74, 6) is -0.209. The molecule has 0 amide bonds. The third-order valence-corrected chi connectivity index (χ3v) is 4.39. The number of carbonyl (C=O) groups excluding carboxylic acids is 1. The smallest absolute Gasteiger partial charge is 0.183 e. The molecule has 3 aromatic rings. The summed E-state index contributed by atoms with van der Waals surface area (Å²) in [6.07, 6.45) is 0. The first-order chi connectivity index (χ1) is 12.0. The van der Waals surface area contributed by atoms with Crippen molar-refractivity contribution >= 4 is 11.5 Å². The van der Waals surface area contributed by atoms with Gasteiger partial charge < -0.3 is 9.47 Å². The van der Waals surface area contributed by atoms with Crippen LogP contribution in [0.2, 0.25) is 0 Å². The zero-order chi connectivity index (χ0) is 18.0. The lowest BCUT2D eigenvalue weighted by Crippen LogP contribution is -2.25. The number of carbonyl (C=O) groups is 1. The Hall–Kier alpha value is -2.88. The molecule has 2 aromatic carbocycles. The summed E-state index contributed by atoms with van der Waals surface area (Å²) in [5, 5.41) is 0. The molecule has 1 heterocycles. The van der Waals surface area contributed by atoms with Gasteiger partial charge in [-0.3, -0.25) is 4.79 Å². The molecule has 0 aliphatic rings. The van der Waals surface area contributed by atoms with E-state index in [9.17, 15) is 9.18 Å². The third kappa shape index (κ3) is 3.48. The van der Waals surface area contributed by atoms with Crippen LogP contribution in [-0.2, 0) is 0 Å². The molecule has 0 unspecified atom stereocenters. The van der Waals surface area contributed by atoms with Gasteiger partial charge in [0.2, 0.25) is 0 Å². The number of rotatable bonds is 5. The van der Waals surface area contributed by atoms with Crippen LogP contribution in [0.1, 0.15) is 21.7 Å². The number of nitrogens with zero attached hydrogens (tertiary/aromatic N) is 2. The van der Waals surface area contributed by atoms with E-state index in [1.54, 1.807) is 12.1 Å². The summed E-state index contributed by atoms with van der Waals surface area (Å²) < 4.78 is 15.2. The second-order valence-corrected chi connectivity index (χ2v) is 6.21. The lowest BCUT2D eigenvalue weighted by Gasteiger charge is -2.18. The fourth-order valence-corrected chi connectivity index (χ4v) is 3.11. The first-order valence-corrected chi connectivity index (χ1v) is 8.21. The lowest BCUT2D eigenvalue weighted by atomic mass is 10.1. The van der Waals surface area contributed by atoms with E-state index in [-0.39, 0.29) is 11.6 Å². The van der Waals surface area contributed by atoms with Gasteiger partial charge in [-0.05, 0) is 56.3 Å². The largest absolute Gasteiger partial charge is 0.367 e. The normalized spacial score (nSPS) is 10.7. The minimum atomic E-state index is -0.271. The van der Waals surface area contributed by atoms with E-state index >= 15 is 0 Å². The van der Waals surface area contributed by atoms with Gasteiger partial charge in [0.05, 0.1) is 6.54 Å². The summed E-state index contributed by atoms with van der Waals surface area (Å²) in [6.45, 7) is 4.18. The van der Waals surface area contributed by atoms with Crippen molar-refractivity contribution in [2.75, 3.05) is 18.5 Å². The molecule has 0 N–H and O–H groups in total. The van der Waals surface area contributed by atoms with Gasteiger partial charge in [-0.25, -0.2) is 4.39 Å². The van der Waals surface area contributed by atoms with Gasteiger partial charge in [-0.2, -0.15) is 0 Å². The Morgan fingerprint density at radius 2 is 1.68 bits per heavy atom. The maximum Gasteiger partial charge on any atom is 0.183 e. The molecular weight excluding hydrogens is 315 g/mol. The Labute approximate surface area is 147 Å². The van der Waals surface area contributed by atoms with Gasteiger partial charge >= 0.3 is 0 Å². The number of benzene rings is 2. The Balaban J connectivity index is 1.87. The van der Waals surface area contributed by atoms with E-state index in [4.69, 9.17) is 0 Å². The highest BCUT2D eigenvalue weighted by atomic mass is 19.1. The number of ketones is 1. The monoisotopic (exact) mass is 336 g/mol. The number of likely N-dealkylation sites (N-methyl/N-ethyl adjacent to an activating group) is 1. The van der Waals surface area contributed by atoms with Crippen LogP contribution in [0.5, 0.6) is 0 Å². The van der Waals surface area contributed by atoms with Gasteiger partial charge in [-0.1, -0.05) is 18.2 Å². The highest BCUT2D eigenvalue weighted by Gasteiger charge is 2.18. The summed E-state index contributed by atoms with van der Waals surface area (Å²) in [7, 11) is 1.91. The van der Waals surface area contributed by atoms with E-state index < -0.39 is 0 Å². The minimum Gasteiger partial charge on any atom is -0.367 e. The topological polar surface area (TPSA) is 25.2 Å². The zero-order valence-corrected chi connectivity index (χ0v) is 14.7. The SMILES string of the molecule is Cc1cc(C(=O)CN(C)c2ccccc2)c(C)n1-c1ccc(F)cc1. The molecule has 0 radical (unpaired) electrons. The third-order valence-electron chi connectivity index (χ3n) is 4.39. The molecule has 25 heavy (non-hydrogen) atoms. The Bertz CT molecular complexity index is 882. The van der Waals surface area contributed by atoms with Crippen LogP contribution in [0.25, 0.3) is 5.69 Å². The predicted octanol–water partition coefficient (Wildman–Crippen LogP) is 4.55. The van der Waals surface area contributed by atoms with Crippen molar-refractivity contribution in [3.63, 3.8) is 0 Å². The Morgan fingerprint density at radius 1 is 1.04 bits per heavy atom. The van der Waals surface area contributed by atoms with Crippen molar-refractivity contribution in [1.29, 1.82) is 0 Å². The van der Waals surface area contributed by atoms with Crippen LogP contribution in [0.15, 0.2) is 60.7 Å². The van der Waals surface area contributed by atoms with Crippen molar-refractivity contribution in [2.24, 2.45) is 0 Å². The molecule has 3 nitrogen and oxygen atoms in total. The molecule has 4 heteroatoms. The van der Waals surface area contributed by atoms with E-state index in [2.05, 4.69) is 0 Å². The molecule has 0 saturated heterocycles. The fourth-order valence-electron chi connectivity index (χ4n) is 3.11. The first kappa shape index (κ1) is 17.0. The number of halogens is 1. The molecule has 0 atom stereocenters. The lowest BCUT2D eigenvalue weighted by molar-refractivity contribution is 0.1000. The number of hydrogen-bond donors (Lipinski definition) is 0. The number of aryl methyl sites for hydroxylation is 1. The Kier molecular flexibility index (Phi) is 4.70. The molecule has 128 valence electrons. The van der Waals surface area contributed by atoms with E-state index in [1.807, 2.05) is 66.8 Å². The molecule has 0 fully saturated rings. The molecule has 3 rings (SSSR count). The number of para-hydroxylation sites is 1. The van der Waals surface area contributed by atoms with Crippen molar-refractivity contribution in [3.8, 4) is 5.69 Å². The highest BCUT2D eigenvalue weighted by Crippen LogP contribution is 2.22. The second kappa shape index (κ2) is 6.93. The van der Waals surface area contributed by atoms with Gasteiger partial charge in [0.25, 0.3) is 0 Å². The van der Waals surface area contributed by atoms with Crippen LogP contribution in [0.4, 0.5) is 10.1 Å². The van der Waals surface area contributed by atoms with Gasteiger partial charge in [0.15, 0.2) is 5.78 Å². The number of anilines is 1.